The normalized spacial score (nSPS) is 15.9. The van der Waals surface area contributed by atoms with Crippen molar-refractivity contribution in [1.82, 2.24) is 15.1 Å². The molecule has 0 radical (unpaired) electrons. The van der Waals surface area contributed by atoms with Crippen LogP contribution in [0.25, 0.3) is 11.1 Å². The lowest BCUT2D eigenvalue weighted by molar-refractivity contribution is -0.128. The van der Waals surface area contributed by atoms with Gasteiger partial charge in [0, 0.05) is 48.6 Å². The average Bonchev–Trinajstić information content (AvgIpc) is 2.79. The fraction of sp³-hybridized carbons (Fsp3) is 0.167. The number of anilines is 1. The summed E-state index contributed by atoms with van der Waals surface area (Å²) in [5.41, 5.74) is 1.24. The van der Waals surface area contributed by atoms with Crippen molar-refractivity contribution in [1.29, 1.82) is 0 Å². The first-order valence-electron chi connectivity index (χ1n) is 10.1. The van der Waals surface area contributed by atoms with Crippen LogP contribution in [-0.4, -0.2) is 34.0 Å². The Kier molecular flexibility index (Phi) is 5.87. The first kappa shape index (κ1) is 22.1. The van der Waals surface area contributed by atoms with Crippen molar-refractivity contribution in [3.63, 3.8) is 0 Å². The molecule has 0 saturated heterocycles. The molecule has 1 unspecified atom stereocenters. The molecular weight excluding hydrogens is 430 g/mol. The number of rotatable bonds is 4. The Morgan fingerprint density at radius 1 is 1.15 bits per heavy atom. The quantitative estimate of drug-likeness (QED) is 0.636. The van der Waals surface area contributed by atoms with Crippen molar-refractivity contribution in [2.45, 2.75) is 19.3 Å². The van der Waals surface area contributed by atoms with E-state index in [1.54, 1.807) is 0 Å². The molecule has 33 heavy (non-hydrogen) atoms. The number of aromatic amines is 1. The third kappa shape index (κ3) is 4.43. The lowest BCUT2D eigenvalue weighted by Gasteiger charge is -2.28. The monoisotopic (exact) mass is 450 g/mol. The summed E-state index contributed by atoms with van der Waals surface area (Å²) in [4.78, 5) is 38.9. The van der Waals surface area contributed by atoms with Gasteiger partial charge in [-0.2, -0.15) is 5.10 Å². The Morgan fingerprint density at radius 3 is 2.58 bits per heavy atom. The zero-order chi connectivity index (χ0) is 23.7. The molecular formula is C24H20F2N4O3. The van der Waals surface area contributed by atoms with Gasteiger partial charge in [0.05, 0.1) is 5.56 Å². The molecule has 2 N–H and O–H groups in total. The second-order valence-corrected chi connectivity index (χ2v) is 7.78. The van der Waals surface area contributed by atoms with Gasteiger partial charge in [-0.25, -0.2) is 13.9 Å². The number of hydrogen-bond donors (Lipinski definition) is 2. The van der Waals surface area contributed by atoms with Gasteiger partial charge in [-0.3, -0.25) is 14.4 Å². The van der Waals surface area contributed by atoms with Gasteiger partial charge in [0.1, 0.15) is 11.6 Å². The van der Waals surface area contributed by atoms with Gasteiger partial charge in [0.15, 0.2) is 0 Å². The number of nitrogens with one attached hydrogen (secondary N) is 2. The van der Waals surface area contributed by atoms with Gasteiger partial charge in [0.25, 0.3) is 11.5 Å². The van der Waals surface area contributed by atoms with Crippen LogP contribution in [0.5, 0.6) is 0 Å². The molecule has 0 aliphatic carbocycles. The summed E-state index contributed by atoms with van der Waals surface area (Å²) in [5.74, 6) is -2.35. The van der Waals surface area contributed by atoms with Gasteiger partial charge in [-0.1, -0.05) is 12.1 Å². The molecule has 0 bridgehead atoms. The third-order valence-electron chi connectivity index (χ3n) is 5.64. The van der Waals surface area contributed by atoms with Crippen LogP contribution in [-0.2, 0) is 9.59 Å². The summed E-state index contributed by atoms with van der Waals surface area (Å²) in [6.45, 7) is 1.51. The summed E-state index contributed by atoms with van der Waals surface area (Å²) in [5, 5.41) is 8.64. The smallest absolute Gasteiger partial charge is 0.272 e. The number of aromatic nitrogens is 2. The average molecular weight is 450 g/mol. The maximum Gasteiger partial charge on any atom is 0.272 e. The standard InChI is InChI=1S/C24H20F2N4O3/c1-13-20(26)9-15(17-7-8-27-29-24(17)33)10-21(13)28-23(32)19-12-30(2)22(31)11-18(19)14-3-5-16(25)6-4-14/h3-10,12,18H,11H2,1-2H3,(H,28,32)(H,29,33). The number of halogens is 2. The van der Waals surface area contributed by atoms with E-state index in [1.807, 2.05) is 0 Å². The maximum absolute atomic E-state index is 14.7. The van der Waals surface area contributed by atoms with E-state index in [-0.39, 0.29) is 40.3 Å². The van der Waals surface area contributed by atoms with E-state index in [2.05, 4.69) is 15.5 Å². The highest BCUT2D eigenvalue weighted by atomic mass is 19.1. The molecule has 0 fully saturated rings. The topological polar surface area (TPSA) is 95.2 Å². The van der Waals surface area contributed by atoms with E-state index in [4.69, 9.17) is 0 Å². The van der Waals surface area contributed by atoms with Gasteiger partial charge in [-0.15, -0.1) is 0 Å². The molecule has 0 spiro atoms. The van der Waals surface area contributed by atoms with Gasteiger partial charge < -0.3 is 10.2 Å². The summed E-state index contributed by atoms with van der Waals surface area (Å²) in [6.07, 6.45) is 2.83. The van der Waals surface area contributed by atoms with Crippen LogP contribution in [0.15, 0.2) is 65.2 Å². The largest absolute Gasteiger partial charge is 0.322 e. The Labute approximate surface area is 187 Å². The van der Waals surface area contributed by atoms with Gasteiger partial charge >= 0.3 is 0 Å². The Hall–Kier alpha value is -4.14. The lowest BCUT2D eigenvalue weighted by atomic mass is 9.85. The molecule has 4 rings (SSSR count). The Balaban J connectivity index is 1.71. The van der Waals surface area contributed by atoms with E-state index in [0.29, 0.717) is 5.56 Å². The highest BCUT2D eigenvalue weighted by molar-refractivity contribution is 6.07. The summed E-state index contributed by atoms with van der Waals surface area (Å²) < 4.78 is 28.1. The first-order valence-corrected chi connectivity index (χ1v) is 10.1. The van der Waals surface area contributed by atoms with Crippen molar-refractivity contribution in [2.24, 2.45) is 0 Å². The number of H-pyrrole nitrogens is 1. The summed E-state index contributed by atoms with van der Waals surface area (Å²) >= 11 is 0. The summed E-state index contributed by atoms with van der Waals surface area (Å²) in [6, 6.07) is 9.76. The fourth-order valence-corrected chi connectivity index (χ4v) is 3.74. The minimum Gasteiger partial charge on any atom is -0.322 e. The van der Waals surface area contributed by atoms with Crippen LogP contribution in [0.1, 0.15) is 23.5 Å². The van der Waals surface area contributed by atoms with Crippen molar-refractivity contribution in [3.8, 4) is 11.1 Å². The SMILES string of the molecule is Cc1c(F)cc(-c2ccn[nH]c2=O)cc1NC(=O)C1=CN(C)C(=O)CC1c1ccc(F)cc1. The zero-order valence-electron chi connectivity index (χ0n) is 17.9. The molecule has 3 aromatic rings. The predicted octanol–water partition coefficient (Wildman–Crippen LogP) is 3.49. The van der Waals surface area contributed by atoms with Crippen molar-refractivity contribution >= 4 is 17.5 Å². The van der Waals surface area contributed by atoms with E-state index < -0.39 is 29.0 Å². The number of amides is 2. The van der Waals surface area contributed by atoms with E-state index in [1.165, 1.54) is 73.7 Å². The molecule has 2 aromatic carbocycles. The predicted molar refractivity (Wildman–Crippen MR) is 118 cm³/mol. The number of benzene rings is 2. The molecule has 0 saturated carbocycles. The van der Waals surface area contributed by atoms with Gasteiger partial charge in [-0.05, 0) is 48.4 Å². The first-order chi connectivity index (χ1) is 15.7. The van der Waals surface area contributed by atoms with Gasteiger partial charge in [0.2, 0.25) is 5.91 Å². The Bertz CT molecular complexity index is 1330. The van der Waals surface area contributed by atoms with Crippen LogP contribution in [0.4, 0.5) is 14.5 Å². The highest BCUT2D eigenvalue weighted by Gasteiger charge is 2.31. The van der Waals surface area contributed by atoms with E-state index >= 15 is 0 Å². The molecule has 1 aliphatic rings. The van der Waals surface area contributed by atoms with Crippen molar-refractivity contribution < 1.29 is 18.4 Å². The molecule has 1 aliphatic heterocycles. The fourth-order valence-electron chi connectivity index (χ4n) is 3.74. The van der Waals surface area contributed by atoms with Crippen LogP contribution >= 0.6 is 0 Å². The molecule has 2 amide bonds. The lowest BCUT2D eigenvalue weighted by Crippen LogP contribution is -2.33. The maximum atomic E-state index is 14.7. The molecule has 7 nitrogen and oxygen atoms in total. The Morgan fingerprint density at radius 2 is 1.88 bits per heavy atom. The number of nitrogens with zero attached hydrogens (tertiary/aromatic N) is 2. The van der Waals surface area contributed by atoms with Crippen LogP contribution < -0.4 is 10.9 Å². The molecule has 2 heterocycles. The van der Waals surface area contributed by atoms with Crippen LogP contribution in [0, 0.1) is 18.6 Å². The molecule has 1 aromatic heterocycles. The highest BCUT2D eigenvalue weighted by Crippen LogP contribution is 2.34. The minimum absolute atomic E-state index is 0.0289. The molecule has 1 atom stereocenters. The zero-order valence-corrected chi connectivity index (χ0v) is 17.9. The number of carbonyl (C=O) groups is 2. The number of hydrogen-bond acceptors (Lipinski definition) is 4. The van der Waals surface area contributed by atoms with Crippen molar-refractivity contribution in [3.05, 3.63) is 93.5 Å². The molecule has 9 heteroatoms. The second-order valence-electron chi connectivity index (χ2n) is 7.78. The van der Waals surface area contributed by atoms with E-state index in [0.717, 1.165) is 0 Å². The third-order valence-corrected chi connectivity index (χ3v) is 5.64. The second kappa shape index (κ2) is 8.78. The minimum atomic E-state index is -0.598. The van der Waals surface area contributed by atoms with Crippen LogP contribution in [0.3, 0.4) is 0 Å². The number of carbonyl (C=O) groups excluding carboxylic acids is 2. The van der Waals surface area contributed by atoms with E-state index in [9.17, 15) is 23.2 Å². The summed E-state index contributed by atoms with van der Waals surface area (Å²) in [7, 11) is 1.54. The molecule has 168 valence electrons. The van der Waals surface area contributed by atoms with Crippen LogP contribution in [0.2, 0.25) is 0 Å². The van der Waals surface area contributed by atoms with Crippen molar-refractivity contribution in [2.75, 3.05) is 12.4 Å².